The molecule has 0 atom stereocenters. The molecule has 0 bridgehead atoms. The monoisotopic (exact) mass is 579 g/mol. The van der Waals surface area contributed by atoms with E-state index in [1.165, 1.54) is 67.0 Å². The molecule has 0 aromatic heterocycles. The number of nitrogens with one attached hydrogen (secondary N) is 1. The van der Waals surface area contributed by atoms with Crippen LogP contribution >= 0.6 is 11.6 Å². The Morgan fingerprint density at radius 1 is 0.974 bits per heavy atom. The Kier molecular flexibility index (Phi) is 8.28. The number of sulfonamides is 2. The van der Waals surface area contributed by atoms with Crippen LogP contribution in [-0.4, -0.2) is 67.5 Å². The maximum Gasteiger partial charge on any atom is 0.264 e. The lowest BCUT2D eigenvalue weighted by Crippen LogP contribution is -2.40. The molecule has 1 N–H and O–H groups in total. The number of benzene rings is 3. The second-order valence-corrected chi connectivity index (χ2v) is 12.7. The van der Waals surface area contributed by atoms with Crippen LogP contribution in [0.1, 0.15) is 10.4 Å². The predicted molar refractivity (Wildman–Crippen MR) is 144 cm³/mol. The number of ether oxygens (including phenoxy) is 2. The van der Waals surface area contributed by atoms with Gasteiger partial charge in [0.25, 0.3) is 15.9 Å². The zero-order valence-corrected chi connectivity index (χ0v) is 23.0. The van der Waals surface area contributed by atoms with Crippen LogP contribution in [-0.2, 0) is 24.8 Å². The summed E-state index contributed by atoms with van der Waals surface area (Å²) in [6, 6.07) is 16.1. The minimum atomic E-state index is -4.01. The van der Waals surface area contributed by atoms with E-state index in [1.807, 2.05) is 0 Å². The predicted octanol–water partition coefficient (Wildman–Crippen LogP) is 3.45. The SMILES string of the molecule is COc1ccc(S(=O)(=O)N2CCOCC2)cc1NC(=O)c1cccc(S(=O)(=O)N(C)c2cccc(Cl)c2)c1. The molecule has 38 heavy (non-hydrogen) atoms. The minimum Gasteiger partial charge on any atom is -0.495 e. The summed E-state index contributed by atoms with van der Waals surface area (Å²) in [5.41, 5.74) is 0.528. The second-order valence-electron chi connectivity index (χ2n) is 8.31. The molecule has 1 aliphatic heterocycles. The maximum absolute atomic E-state index is 13.2. The van der Waals surface area contributed by atoms with Crippen LogP contribution in [0, 0.1) is 0 Å². The number of carbonyl (C=O) groups excluding carboxylic acids is 1. The van der Waals surface area contributed by atoms with E-state index in [1.54, 1.807) is 18.2 Å². The summed E-state index contributed by atoms with van der Waals surface area (Å²) in [6.45, 7) is 1.04. The molecule has 202 valence electrons. The van der Waals surface area contributed by atoms with Gasteiger partial charge >= 0.3 is 0 Å². The quantitative estimate of drug-likeness (QED) is 0.434. The highest BCUT2D eigenvalue weighted by molar-refractivity contribution is 7.92. The second kappa shape index (κ2) is 11.3. The van der Waals surface area contributed by atoms with Gasteiger partial charge in [0.2, 0.25) is 10.0 Å². The number of carbonyl (C=O) groups is 1. The number of amides is 1. The lowest BCUT2D eigenvalue weighted by atomic mass is 10.2. The fraction of sp³-hybridized carbons (Fsp3) is 0.240. The molecule has 10 nitrogen and oxygen atoms in total. The van der Waals surface area contributed by atoms with Crippen molar-refractivity contribution in [2.75, 3.05) is 50.1 Å². The van der Waals surface area contributed by atoms with Crippen LogP contribution in [0.5, 0.6) is 5.75 Å². The van der Waals surface area contributed by atoms with E-state index >= 15 is 0 Å². The average molecular weight is 580 g/mol. The molecule has 0 radical (unpaired) electrons. The molecular formula is C25H26ClN3O7S2. The third-order valence-electron chi connectivity index (χ3n) is 5.95. The Labute approximate surface area is 226 Å². The molecular weight excluding hydrogens is 554 g/mol. The number of hydrogen-bond donors (Lipinski definition) is 1. The number of rotatable bonds is 8. The molecule has 1 heterocycles. The molecule has 0 unspecified atom stereocenters. The van der Waals surface area contributed by atoms with E-state index in [4.69, 9.17) is 21.1 Å². The fourth-order valence-corrected chi connectivity index (χ4v) is 6.70. The van der Waals surface area contributed by atoms with Gasteiger partial charge in [-0.05, 0) is 54.6 Å². The standard InChI is InChI=1S/C25H26ClN3O7S2/c1-28(20-7-4-6-19(26)16-20)37(31,32)21-8-3-5-18(15-21)25(30)27-23-17-22(9-10-24(23)35-2)38(33,34)29-11-13-36-14-12-29/h3-10,15-17H,11-14H2,1-2H3,(H,27,30). The first-order valence-corrected chi connectivity index (χ1v) is 14.7. The van der Waals surface area contributed by atoms with E-state index in [2.05, 4.69) is 5.32 Å². The van der Waals surface area contributed by atoms with Crippen molar-refractivity contribution in [3.05, 3.63) is 77.3 Å². The molecule has 1 saturated heterocycles. The third-order valence-corrected chi connectivity index (χ3v) is 9.86. The summed E-state index contributed by atoms with van der Waals surface area (Å²) in [5.74, 6) is -0.407. The van der Waals surface area contributed by atoms with Gasteiger partial charge in [0, 0.05) is 30.7 Å². The van der Waals surface area contributed by atoms with Crippen LogP contribution in [0.4, 0.5) is 11.4 Å². The van der Waals surface area contributed by atoms with Gasteiger partial charge in [0.15, 0.2) is 0 Å². The number of morpholine rings is 1. The smallest absolute Gasteiger partial charge is 0.264 e. The van der Waals surface area contributed by atoms with Gasteiger partial charge in [-0.25, -0.2) is 16.8 Å². The van der Waals surface area contributed by atoms with Crippen molar-refractivity contribution < 1.29 is 31.1 Å². The van der Waals surface area contributed by atoms with Crippen LogP contribution in [0.25, 0.3) is 0 Å². The third kappa shape index (κ3) is 5.79. The summed E-state index contributed by atoms with van der Waals surface area (Å²) in [6.07, 6.45) is 0. The Morgan fingerprint density at radius 3 is 2.37 bits per heavy atom. The zero-order valence-electron chi connectivity index (χ0n) is 20.6. The summed E-state index contributed by atoms with van der Waals surface area (Å²) in [5, 5.41) is 3.02. The van der Waals surface area contributed by atoms with Gasteiger partial charge in [-0.2, -0.15) is 4.31 Å². The van der Waals surface area contributed by atoms with Crippen molar-refractivity contribution in [1.82, 2.24) is 4.31 Å². The van der Waals surface area contributed by atoms with Crippen LogP contribution < -0.4 is 14.4 Å². The molecule has 1 amide bonds. The molecule has 1 aliphatic rings. The summed E-state index contributed by atoms with van der Waals surface area (Å²) >= 11 is 6.01. The van der Waals surface area contributed by atoms with E-state index in [-0.39, 0.29) is 39.9 Å². The van der Waals surface area contributed by atoms with Gasteiger partial charge in [-0.15, -0.1) is 0 Å². The Balaban J connectivity index is 1.61. The van der Waals surface area contributed by atoms with E-state index in [0.29, 0.717) is 23.9 Å². The largest absolute Gasteiger partial charge is 0.495 e. The van der Waals surface area contributed by atoms with Crippen molar-refractivity contribution in [3.63, 3.8) is 0 Å². The highest BCUT2D eigenvalue weighted by Gasteiger charge is 2.28. The Morgan fingerprint density at radius 2 is 1.68 bits per heavy atom. The average Bonchev–Trinajstić information content (AvgIpc) is 2.93. The maximum atomic E-state index is 13.2. The highest BCUT2D eigenvalue weighted by Crippen LogP contribution is 2.30. The molecule has 13 heteroatoms. The van der Waals surface area contributed by atoms with E-state index in [9.17, 15) is 21.6 Å². The van der Waals surface area contributed by atoms with E-state index < -0.39 is 26.0 Å². The van der Waals surface area contributed by atoms with Crippen molar-refractivity contribution in [1.29, 1.82) is 0 Å². The molecule has 4 rings (SSSR count). The van der Waals surface area contributed by atoms with Crippen LogP contribution in [0.15, 0.2) is 76.5 Å². The molecule has 0 aliphatic carbocycles. The molecule has 3 aromatic rings. The van der Waals surface area contributed by atoms with Gasteiger partial charge < -0.3 is 14.8 Å². The Bertz CT molecular complexity index is 1560. The van der Waals surface area contributed by atoms with Crippen molar-refractivity contribution in [2.24, 2.45) is 0 Å². The summed E-state index contributed by atoms with van der Waals surface area (Å²) in [4.78, 5) is 13.0. The first kappa shape index (κ1) is 27.9. The van der Waals surface area contributed by atoms with Gasteiger partial charge in [-0.1, -0.05) is 23.7 Å². The first-order chi connectivity index (χ1) is 18.0. The lowest BCUT2D eigenvalue weighted by molar-refractivity contribution is 0.0730. The number of nitrogens with zero attached hydrogens (tertiary/aromatic N) is 2. The summed E-state index contributed by atoms with van der Waals surface area (Å²) < 4.78 is 65.6. The molecule has 1 fully saturated rings. The Hall–Kier alpha value is -3.16. The normalized spacial score (nSPS) is 14.6. The zero-order chi connectivity index (χ0) is 27.5. The topological polar surface area (TPSA) is 122 Å². The number of anilines is 2. The minimum absolute atomic E-state index is 0.0185. The summed E-state index contributed by atoms with van der Waals surface area (Å²) in [7, 11) is -5.06. The first-order valence-electron chi connectivity index (χ1n) is 11.5. The van der Waals surface area contributed by atoms with Crippen molar-refractivity contribution in [2.45, 2.75) is 9.79 Å². The highest BCUT2D eigenvalue weighted by atomic mass is 35.5. The number of hydrogen-bond acceptors (Lipinski definition) is 7. The van der Waals surface area contributed by atoms with Crippen molar-refractivity contribution >= 4 is 48.9 Å². The number of halogens is 1. The number of methoxy groups -OCH3 is 1. The van der Waals surface area contributed by atoms with E-state index in [0.717, 1.165) is 4.31 Å². The molecule has 0 saturated carbocycles. The fourth-order valence-electron chi connectivity index (χ4n) is 3.84. The lowest BCUT2D eigenvalue weighted by Gasteiger charge is -2.26. The molecule has 3 aromatic carbocycles. The van der Waals surface area contributed by atoms with Gasteiger partial charge in [0.05, 0.1) is 41.5 Å². The van der Waals surface area contributed by atoms with Gasteiger partial charge in [-0.3, -0.25) is 9.10 Å². The van der Waals surface area contributed by atoms with Crippen molar-refractivity contribution in [3.8, 4) is 5.75 Å². The molecule has 0 spiro atoms. The van der Waals surface area contributed by atoms with Gasteiger partial charge in [0.1, 0.15) is 5.75 Å². The van der Waals surface area contributed by atoms with Crippen LogP contribution in [0.2, 0.25) is 5.02 Å². The van der Waals surface area contributed by atoms with Crippen LogP contribution in [0.3, 0.4) is 0 Å².